The maximum Gasteiger partial charge on any atom is 0.410 e. The Morgan fingerprint density at radius 2 is 1.88 bits per heavy atom. The molecule has 16 heavy (non-hydrogen) atoms. The molecule has 0 radical (unpaired) electrons. The number of likely N-dealkylation sites (tertiary alicyclic amines) is 1. The molecule has 0 aromatic carbocycles. The minimum Gasteiger partial charge on any atom is -0.464 e. The van der Waals surface area contributed by atoms with Crippen molar-refractivity contribution in [3.05, 3.63) is 0 Å². The van der Waals surface area contributed by atoms with E-state index in [1.165, 1.54) is 4.90 Å². The lowest BCUT2D eigenvalue weighted by Gasteiger charge is -2.32. The summed E-state index contributed by atoms with van der Waals surface area (Å²) in [7, 11) is 0. The van der Waals surface area contributed by atoms with Gasteiger partial charge >= 0.3 is 12.1 Å². The van der Waals surface area contributed by atoms with Gasteiger partial charge in [-0.2, -0.15) is 0 Å². The lowest BCUT2D eigenvalue weighted by atomic mass is 10.0. The molecule has 1 saturated heterocycles. The topological polar surface area (TPSA) is 55.8 Å². The first-order chi connectivity index (χ1) is 7.70. The summed E-state index contributed by atoms with van der Waals surface area (Å²) in [6, 6.07) is -0.465. The van der Waals surface area contributed by atoms with Gasteiger partial charge in [0.2, 0.25) is 0 Å². The van der Waals surface area contributed by atoms with E-state index < -0.39 is 12.1 Å². The fourth-order valence-corrected chi connectivity index (χ4v) is 1.84. The fourth-order valence-electron chi connectivity index (χ4n) is 1.84. The second kappa shape index (κ2) is 6.35. The van der Waals surface area contributed by atoms with Crippen molar-refractivity contribution in [2.45, 2.75) is 39.2 Å². The third-order valence-electron chi connectivity index (χ3n) is 2.56. The molecule has 0 aromatic heterocycles. The van der Waals surface area contributed by atoms with Gasteiger partial charge in [-0.05, 0) is 33.1 Å². The first-order valence-electron chi connectivity index (χ1n) is 5.80. The summed E-state index contributed by atoms with van der Waals surface area (Å²) in [5.74, 6) is -0.324. The SMILES string of the molecule is CCOC(=O)[C@@H]1CCCCN1C(=O)OCC. The van der Waals surface area contributed by atoms with Gasteiger partial charge in [-0.15, -0.1) is 0 Å². The number of carbonyl (C=O) groups is 2. The first-order valence-corrected chi connectivity index (χ1v) is 5.80. The largest absolute Gasteiger partial charge is 0.464 e. The van der Waals surface area contributed by atoms with E-state index in [1.54, 1.807) is 13.8 Å². The molecule has 0 N–H and O–H groups in total. The molecule has 0 spiro atoms. The second-order valence-corrected chi connectivity index (χ2v) is 3.66. The van der Waals surface area contributed by atoms with Crippen molar-refractivity contribution in [3.8, 4) is 0 Å². The zero-order valence-electron chi connectivity index (χ0n) is 9.90. The van der Waals surface area contributed by atoms with Crippen molar-refractivity contribution in [2.24, 2.45) is 0 Å². The normalized spacial score (nSPS) is 20.4. The van der Waals surface area contributed by atoms with Gasteiger partial charge in [0.1, 0.15) is 6.04 Å². The van der Waals surface area contributed by atoms with Crippen molar-refractivity contribution in [2.75, 3.05) is 19.8 Å². The van der Waals surface area contributed by atoms with E-state index in [4.69, 9.17) is 9.47 Å². The standard InChI is InChI=1S/C11H19NO4/c1-3-15-10(13)9-7-5-6-8-12(9)11(14)16-4-2/h9H,3-8H2,1-2H3/t9-/m0/s1. The summed E-state index contributed by atoms with van der Waals surface area (Å²) in [4.78, 5) is 24.7. The molecule has 5 heteroatoms. The van der Waals surface area contributed by atoms with E-state index in [9.17, 15) is 9.59 Å². The van der Waals surface area contributed by atoms with Gasteiger partial charge in [0.25, 0.3) is 0 Å². The van der Waals surface area contributed by atoms with E-state index in [-0.39, 0.29) is 5.97 Å². The molecule has 0 unspecified atom stereocenters. The number of hydrogen-bond acceptors (Lipinski definition) is 4. The molecule has 92 valence electrons. The molecule has 1 atom stereocenters. The van der Waals surface area contributed by atoms with Crippen molar-refractivity contribution in [1.82, 2.24) is 4.90 Å². The van der Waals surface area contributed by atoms with Crippen LogP contribution in [0.5, 0.6) is 0 Å². The molecule has 1 aliphatic heterocycles. The van der Waals surface area contributed by atoms with E-state index in [2.05, 4.69) is 0 Å². The van der Waals surface area contributed by atoms with Gasteiger partial charge in [0.05, 0.1) is 13.2 Å². The number of rotatable bonds is 3. The minimum atomic E-state index is -0.465. The zero-order valence-corrected chi connectivity index (χ0v) is 9.90. The number of esters is 1. The number of ether oxygens (including phenoxy) is 2. The Bertz CT molecular complexity index is 228. The monoisotopic (exact) mass is 229 g/mol. The van der Waals surface area contributed by atoms with E-state index in [0.717, 1.165) is 12.8 Å². The number of amides is 1. The van der Waals surface area contributed by atoms with Crippen molar-refractivity contribution < 1.29 is 19.1 Å². The summed E-state index contributed by atoms with van der Waals surface area (Å²) >= 11 is 0. The Morgan fingerprint density at radius 1 is 1.19 bits per heavy atom. The van der Waals surface area contributed by atoms with Gasteiger partial charge in [0.15, 0.2) is 0 Å². The Kier molecular flexibility index (Phi) is 5.08. The van der Waals surface area contributed by atoms with Crippen LogP contribution < -0.4 is 0 Å². The Morgan fingerprint density at radius 3 is 2.50 bits per heavy atom. The molecular weight excluding hydrogens is 210 g/mol. The van der Waals surface area contributed by atoms with Crippen molar-refractivity contribution in [3.63, 3.8) is 0 Å². The smallest absolute Gasteiger partial charge is 0.410 e. The van der Waals surface area contributed by atoms with Gasteiger partial charge in [-0.3, -0.25) is 4.90 Å². The maximum atomic E-state index is 11.6. The van der Waals surface area contributed by atoms with Crippen LogP contribution in [0.15, 0.2) is 0 Å². The first kappa shape index (κ1) is 12.8. The van der Waals surface area contributed by atoms with E-state index >= 15 is 0 Å². The summed E-state index contributed by atoms with van der Waals surface area (Å²) in [5.41, 5.74) is 0. The zero-order chi connectivity index (χ0) is 12.0. The van der Waals surface area contributed by atoms with Crippen LogP contribution in [-0.4, -0.2) is 42.8 Å². The lowest BCUT2D eigenvalue weighted by Crippen LogP contribution is -2.48. The number of piperidine rings is 1. The second-order valence-electron chi connectivity index (χ2n) is 3.66. The predicted octanol–water partition coefficient (Wildman–Crippen LogP) is 1.56. The molecule has 5 nitrogen and oxygen atoms in total. The molecule has 1 rings (SSSR count). The molecular formula is C11H19NO4. The van der Waals surface area contributed by atoms with Crippen LogP contribution in [-0.2, 0) is 14.3 Å². The highest BCUT2D eigenvalue weighted by atomic mass is 16.6. The number of carbonyl (C=O) groups excluding carboxylic acids is 2. The molecule has 0 aromatic rings. The minimum absolute atomic E-state index is 0.324. The molecule has 0 aliphatic carbocycles. The Hall–Kier alpha value is -1.26. The Balaban J connectivity index is 2.63. The van der Waals surface area contributed by atoms with Gasteiger partial charge < -0.3 is 9.47 Å². The lowest BCUT2D eigenvalue weighted by molar-refractivity contribution is -0.150. The van der Waals surface area contributed by atoms with Crippen LogP contribution in [0.2, 0.25) is 0 Å². The van der Waals surface area contributed by atoms with Crippen LogP contribution in [0.3, 0.4) is 0 Å². The quantitative estimate of drug-likeness (QED) is 0.689. The van der Waals surface area contributed by atoms with Crippen molar-refractivity contribution in [1.29, 1.82) is 0 Å². The molecule has 0 saturated carbocycles. The van der Waals surface area contributed by atoms with Crippen LogP contribution in [0.25, 0.3) is 0 Å². The Labute approximate surface area is 95.7 Å². The maximum absolute atomic E-state index is 11.6. The predicted molar refractivity (Wildman–Crippen MR) is 58.0 cm³/mol. The summed E-state index contributed by atoms with van der Waals surface area (Å²) in [6.45, 7) is 4.75. The fraction of sp³-hybridized carbons (Fsp3) is 0.818. The van der Waals surface area contributed by atoms with Crippen molar-refractivity contribution >= 4 is 12.1 Å². The van der Waals surface area contributed by atoms with Crippen LogP contribution in [0, 0.1) is 0 Å². The van der Waals surface area contributed by atoms with Gasteiger partial charge in [-0.25, -0.2) is 9.59 Å². The molecule has 1 fully saturated rings. The average Bonchev–Trinajstić information content (AvgIpc) is 2.30. The van der Waals surface area contributed by atoms with Crippen LogP contribution in [0.4, 0.5) is 4.79 Å². The third kappa shape index (κ3) is 3.12. The summed E-state index contributed by atoms with van der Waals surface area (Å²) in [5, 5.41) is 0. The van der Waals surface area contributed by atoms with Gasteiger partial charge in [-0.1, -0.05) is 0 Å². The molecule has 1 aliphatic rings. The van der Waals surface area contributed by atoms with Crippen LogP contribution in [0.1, 0.15) is 33.1 Å². The summed E-state index contributed by atoms with van der Waals surface area (Å²) in [6.07, 6.45) is 2.10. The number of nitrogens with zero attached hydrogens (tertiary/aromatic N) is 1. The van der Waals surface area contributed by atoms with E-state index in [0.29, 0.717) is 26.2 Å². The molecule has 1 heterocycles. The third-order valence-corrected chi connectivity index (χ3v) is 2.56. The highest BCUT2D eigenvalue weighted by Crippen LogP contribution is 2.19. The van der Waals surface area contributed by atoms with E-state index in [1.807, 2.05) is 0 Å². The van der Waals surface area contributed by atoms with Crippen LogP contribution >= 0.6 is 0 Å². The average molecular weight is 229 g/mol. The molecule has 0 bridgehead atoms. The molecule has 1 amide bonds. The highest BCUT2D eigenvalue weighted by Gasteiger charge is 2.33. The highest BCUT2D eigenvalue weighted by molar-refractivity contribution is 5.81. The summed E-state index contributed by atoms with van der Waals surface area (Å²) < 4.78 is 9.87. The number of hydrogen-bond donors (Lipinski definition) is 0. The van der Waals surface area contributed by atoms with Gasteiger partial charge in [0, 0.05) is 6.54 Å².